The Morgan fingerprint density at radius 3 is 1.86 bits per heavy atom. The van der Waals surface area contributed by atoms with Gasteiger partial charge in [-0.05, 0) is 34.8 Å². The van der Waals surface area contributed by atoms with Gasteiger partial charge in [0.15, 0.2) is 0 Å². The fraction of sp³-hybridized carbons (Fsp3) is 0.542. The van der Waals surface area contributed by atoms with Crippen molar-refractivity contribution < 1.29 is 9.53 Å². The van der Waals surface area contributed by atoms with Gasteiger partial charge in [-0.1, -0.05) is 73.0 Å². The van der Waals surface area contributed by atoms with Crippen molar-refractivity contribution in [1.29, 1.82) is 0 Å². The van der Waals surface area contributed by atoms with E-state index >= 15 is 0 Å². The number of ether oxygens (including phenoxy) is 1. The number of benzene rings is 1. The summed E-state index contributed by atoms with van der Waals surface area (Å²) >= 11 is 0. The second-order valence-electron chi connectivity index (χ2n) is 9.40. The molecule has 0 aromatic heterocycles. The molecule has 0 bridgehead atoms. The Morgan fingerprint density at radius 1 is 0.893 bits per heavy atom. The van der Waals surface area contributed by atoms with Gasteiger partial charge in [0.25, 0.3) is 0 Å². The van der Waals surface area contributed by atoms with Gasteiger partial charge in [-0.3, -0.25) is 0 Å². The highest BCUT2D eigenvalue weighted by Gasteiger charge is 2.41. The number of hydrogen-bond donors (Lipinski definition) is 0. The van der Waals surface area contributed by atoms with Crippen LogP contribution in [0, 0.1) is 22.9 Å². The first kappa shape index (κ1) is 24.3. The molecule has 0 amide bonds. The maximum Gasteiger partial charge on any atom is 0.339 e. The minimum absolute atomic E-state index is 0.358. The first-order chi connectivity index (χ1) is 12.8. The summed E-state index contributed by atoms with van der Waals surface area (Å²) in [5.74, 6) is 6.25. The predicted molar refractivity (Wildman–Crippen MR) is 126 cm³/mol. The lowest BCUT2D eigenvalue weighted by molar-refractivity contribution is 0.0600. The Hall–Kier alpha value is -1.76. The van der Waals surface area contributed by atoms with Crippen molar-refractivity contribution in [3.05, 3.63) is 34.9 Å². The minimum Gasteiger partial charge on any atom is -0.465 e. The standard InChI is InChI=1S/C24H36O2Si2/c1-18(2)28(19(3)4,20(5)6)16-13-21-11-12-22(14-15-27(8,9)10)23(17-21)24(25)26-7/h11-12,17-20H,1-10H3. The second-order valence-corrected chi connectivity index (χ2v) is 19.7. The molecule has 0 atom stereocenters. The van der Waals surface area contributed by atoms with Gasteiger partial charge in [0.2, 0.25) is 0 Å². The Labute approximate surface area is 174 Å². The van der Waals surface area contributed by atoms with Crippen LogP contribution < -0.4 is 0 Å². The van der Waals surface area contributed by atoms with Crippen molar-refractivity contribution in [3.8, 4) is 22.9 Å². The highest BCUT2D eigenvalue weighted by atomic mass is 28.3. The number of esters is 1. The number of methoxy groups -OCH3 is 1. The average molecular weight is 413 g/mol. The van der Waals surface area contributed by atoms with Gasteiger partial charge >= 0.3 is 5.97 Å². The summed E-state index contributed by atoms with van der Waals surface area (Å²) in [6.45, 7) is 20.4. The van der Waals surface area contributed by atoms with Crippen LogP contribution in [-0.2, 0) is 4.74 Å². The van der Waals surface area contributed by atoms with Crippen molar-refractivity contribution in [2.24, 2.45) is 0 Å². The van der Waals surface area contributed by atoms with Gasteiger partial charge < -0.3 is 4.74 Å². The molecule has 152 valence electrons. The number of rotatable bonds is 4. The van der Waals surface area contributed by atoms with Gasteiger partial charge in [0, 0.05) is 11.1 Å². The van der Waals surface area contributed by atoms with Crippen molar-refractivity contribution in [1.82, 2.24) is 0 Å². The molecule has 0 aliphatic heterocycles. The Bertz CT molecular complexity index is 800. The molecular formula is C24H36O2Si2. The smallest absolute Gasteiger partial charge is 0.339 e. The lowest BCUT2D eigenvalue weighted by Crippen LogP contribution is -2.43. The highest BCUT2D eigenvalue weighted by molar-refractivity contribution is 6.90. The van der Waals surface area contributed by atoms with Gasteiger partial charge in [0.1, 0.15) is 16.1 Å². The van der Waals surface area contributed by atoms with Gasteiger partial charge in [-0.2, -0.15) is 0 Å². The third kappa shape index (κ3) is 5.87. The summed E-state index contributed by atoms with van der Waals surface area (Å²) in [6, 6.07) is 5.73. The molecule has 0 saturated carbocycles. The van der Waals surface area contributed by atoms with Crippen LogP contribution in [0.15, 0.2) is 18.2 Å². The SMILES string of the molecule is COC(=O)c1cc(C#C[Si](C(C)C)(C(C)C)C(C)C)ccc1C#C[Si](C)(C)C. The lowest BCUT2D eigenvalue weighted by atomic mass is 10.0. The predicted octanol–water partition coefficient (Wildman–Crippen LogP) is 6.27. The van der Waals surface area contributed by atoms with Crippen LogP contribution in [0.25, 0.3) is 0 Å². The summed E-state index contributed by atoms with van der Waals surface area (Å²) in [6.07, 6.45) is 0. The van der Waals surface area contributed by atoms with Crippen molar-refractivity contribution in [2.75, 3.05) is 7.11 Å². The first-order valence-electron chi connectivity index (χ1n) is 10.1. The maximum atomic E-state index is 12.3. The maximum absolute atomic E-state index is 12.3. The Balaban J connectivity index is 3.51. The van der Waals surface area contributed by atoms with Crippen molar-refractivity contribution in [3.63, 3.8) is 0 Å². The minimum atomic E-state index is -1.82. The van der Waals surface area contributed by atoms with E-state index in [2.05, 4.69) is 84.1 Å². The monoisotopic (exact) mass is 412 g/mol. The van der Waals surface area contributed by atoms with Crippen LogP contribution in [0.3, 0.4) is 0 Å². The number of carbonyl (C=O) groups excluding carboxylic acids is 1. The molecule has 0 radical (unpaired) electrons. The van der Waals surface area contributed by atoms with Gasteiger partial charge in [-0.15, -0.1) is 11.1 Å². The molecule has 1 rings (SSSR count). The van der Waals surface area contributed by atoms with E-state index in [1.807, 2.05) is 18.2 Å². The van der Waals surface area contributed by atoms with E-state index in [0.29, 0.717) is 22.2 Å². The zero-order chi connectivity index (χ0) is 21.7. The first-order valence-corrected chi connectivity index (χ1v) is 15.9. The van der Waals surface area contributed by atoms with E-state index in [-0.39, 0.29) is 5.97 Å². The van der Waals surface area contributed by atoms with E-state index in [4.69, 9.17) is 4.74 Å². The van der Waals surface area contributed by atoms with E-state index in [0.717, 1.165) is 11.1 Å². The number of hydrogen-bond acceptors (Lipinski definition) is 2. The molecule has 1 aromatic carbocycles. The van der Waals surface area contributed by atoms with E-state index < -0.39 is 16.1 Å². The molecule has 0 saturated heterocycles. The lowest BCUT2D eigenvalue weighted by Gasteiger charge is -2.38. The van der Waals surface area contributed by atoms with Crippen LogP contribution in [0.4, 0.5) is 0 Å². The summed E-state index contributed by atoms with van der Waals surface area (Å²) < 4.78 is 4.99. The third-order valence-electron chi connectivity index (χ3n) is 5.29. The zero-order valence-electron chi connectivity index (χ0n) is 19.3. The summed E-state index contributed by atoms with van der Waals surface area (Å²) in [7, 11) is -1.94. The van der Waals surface area contributed by atoms with Crippen LogP contribution in [0.1, 0.15) is 63.0 Å². The van der Waals surface area contributed by atoms with E-state index in [1.54, 1.807) is 0 Å². The molecule has 0 unspecified atom stereocenters. The topological polar surface area (TPSA) is 26.3 Å². The third-order valence-corrected chi connectivity index (χ3v) is 12.5. The zero-order valence-corrected chi connectivity index (χ0v) is 21.3. The molecular weight excluding hydrogens is 376 g/mol. The fourth-order valence-electron chi connectivity index (χ4n) is 3.88. The molecule has 0 aliphatic carbocycles. The fourth-order valence-corrected chi connectivity index (χ4v) is 9.61. The van der Waals surface area contributed by atoms with Crippen LogP contribution in [0.2, 0.25) is 36.3 Å². The van der Waals surface area contributed by atoms with Gasteiger partial charge in [-0.25, -0.2) is 4.79 Å². The van der Waals surface area contributed by atoms with Crippen LogP contribution >= 0.6 is 0 Å². The quantitative estimate of drug-likeness (QED) is 0.331. The molecule has 0 heterocycles. The molecule has 0 N–H and O–H groups in total. The van der Waals surface area contributed by atoms with Crippen molar-refractivity contribution in [2.45, 2.75) is 77.8 Å². The summed E-state index contributed by atoms with van der Waals surface area (Å²) in [5, 5.41) is 0. The molecule has 0 spiro atoms. The highest BCUT2D eigenvalue weighted by Crippen LogP contribution is 2.40. The molecule has 0 aliphatic rings. The van der Waals surface area contributed by atoms with Crippen LogP contribution in [-0.4, -0.2) is 29.2 Å². The second kappa shape index (κ2) is 9.63. The molecule has 2 nitrogen and oxygen atoms in total. The molecule has 4 heteroatoms. The van der Waals surface area contributed by atoms with Gasteiger partial charge in [0.05, 0.1) is 12.7 Å². The summed E-state index contributed by atoms with van der Waals surface area (Å²) in [5.41, 5.74) is 10.8. The molecule has 1 aromatic rings. The average Bonchev–Trinajstić information content (AvgIpc) is 2.58. The Morgan fingerprint density at radius 2 is 1.43 bits per heavy atom. The molecule has 0 fully saturated rings. The summed E-state index contributed by atoms with van der Waals surface area (Å²) in [4.78, 5) is 12.3. The van der Waals surface area contributed by atoms with Crippen LogP contribution in [0.5, 0.6) is 0 Å². The van der Waals surface area contributed by atoms with Crippen molar-refractivity contribution >= 4 is 22.1 Å². The Kier molecular flexibility index (Phi) is 8.35. The number of carbonyl (C=O) groups is 1. The molecule has 28 heavy (non-hydrogen) atoms. The van der Waals surface area contributed by atoms with E-state index in [9.17, 15) is 4.79 Å². The normalized spacial score (nSPS) is 11.8. The largest absolute Gasteiger partial charge is 0.465 e. The van der Waals surface area contributed by atoms with E-state index in [1.165, 1.54) is 7.11 Å².